The predicted octanol–water partition coefficient (Wildman–Crippen LogP) is 5.34. The molecule has 0 fully saturated rings. The number of carbonyl (C=O) groups is 1. The lowest BCUT2D eigenvalue weighted by molar-refractivity contribution is -0.119. The van der Waals surface area contributed by atoms with E-state index in [1.165, 1.54) is 38.9 Å². The highest BCUT2D eigenvalue weighted by atomic mass is 32.2. The molecule has 0 unspecified atom stereocenters. The number of amides is 1. The van der Waals surface area contributed by atoms with Gasteiger partial charge in [0.2, 0.25) is 5.91 Å². The molecule has 0 saturated carbocycles. The molecule has 0 heterocycles. The van der Waals surface area contributed by atoms with Crippen LogP contribution >= 0.6 is 11.8 Å². The SMILES string of the molecule is Cc1cc(C)cc(CSCC(=O)N[C@@H](C)c2cc(C)c(C)cc2C)c1. The van der Waals surface area contributed by atoms with Gasteiger partial charge in [-0.15, -0.1) is 11.8 Å². The van der Waals surface area contributed by atoms with Gasteiger partial charge in [0.1, 0.15) is 0 Å². The van der Waals surface area contributed by atoms with Gasteiger partial charge in [-0.2, -0.15) is 0 Å². The minimum Gasteiger partial charge on any atom is -0.349 e. The van der Waals surface area contributed by atoms with Crippen molar-refractivity contribution >= 4 is 17.7 Å². The number of hydrogen-bond acceptors (Lipinski definition) is 2. The van der Waals surface area contributed by atoms with Crippen molar-refractivity contribution in [3.8, 4) is 0 Å². The summed E-state index contributed by atoms with van der Waals surface area (Å²) in [6.07, 6.45) is 0. The molecule has 2 rings (SSSR count). The Labute approximate surface area is 156 Å². The Morgan fingerprint density at radius 1 is 0.920 bits per heavy atom. The summed E-state index contributed by atoms with van der Waals surface area (Å²) in [5.74, 6) is 1.45. The van der Waals surface area contributed by atoms with Crippen molar-refractivity contribution in [1.29, 1.82) is 0 Å². The first-order valence-electron chi connectivity index (χ1n) is 8.78. The fourth-order valence-electron chi connectivity index (χ4n) is 3.22. The van der Waals surface area contributed by atoms with E-state index in [0.29, 0.717) is 5.75 Å². The maximum atomic E-state index is 12.3. The summed E-state index contributed by atoms with van der Waals surface area (Å²) in [5, 5.41) is 3.13. The van der Waals surface area contributed by atoms with E-state index >= 15 is 0 Å². The van der Waals surface area contributed by atoms with Crippen molar-refractivity contribution in [1.82, 2.24) is 5.32 Å². The van der Waals surface area contributed by atoms with Gasteiger partial charge in [-0.1, -0.05) is 41.5 Å². The highest BCUT2D eigenvalue weighted by Gasteiger charge is 2.13. The van der Waals surface area contributed by atoms with Gasteiger partial charge in [0.15, 0.2) is 0 Å². The van der Waals surface area contributed by atoms with E-state index in [4.69, 9.17) is 0 Å². The van der Waals surface area contributed by atoms with Crippen molar-refractivity contribution in [2.75, 3.05) is 5.75 Å². The monoisotopic (exact) mass is 355 g/mol. The smallest absolute Gasteiger partial charge is 0.230 e. The van der Waals surface area contributed by atoms with Crippen molar-refractivity contribution in [3.05, 3.63) is 69.3 Å². The first kappa shape index (κ1) is 19.6. The molecule has 1 amide bonds. The minimum atomic E-state index is 0.0358. The summed E-state index contributed by atoms with van der Waals surface area (Å²) in [6.45, 7) is 12.6. The van der Waals surface area contributed by atoms with Crippen molar-refractivity contribution in [2.24, 2.45) is 0 Å². The summed E-state index contributed by atoms with van der Waals surface area (Å²) < 4.78 is 0. The Balaban J connectivity index is 1.88. The zero-order chi connectivity index (χ0) is 18.6. The molecule has 0 bridgehead atoms. The number of aryl methyl sites for hydroxylation is 5. The maximum Gasteiger partial charge on any atom is 0.230 e. The third kappa shape index (κ3) is 5.64. The van der Waals surface area contributed by atoms with Gasteiger partial charge in [-0.3, -0.25) is 4.79 Å². The standard InChI is InChI=1S/C22H29NOS/c1-14-7-15(2)9-20(8-14)12-25-13-22(24)23-19(6)21-11-17(4)16(3)10-18(21)5/h7-11,19H,12-13H2,1-6H3,(H,23,24)/t19-/m0/s1. The lowest BCUT2D eigenvalue weighted by Gasteiger charge is -2.18. The van der Waals surface area contributed by atoms with Gasteiger partial charge in [-0.25, -0.2) is 0 Å². The summed E-state index contributed by atoms with van der Waals surface area (Å²) >= 11 is 1.67. The minimum absolute atomic E-state index is 0.0358. The van der Waals surface area contributed by atoms with Gasteiger partial charge in [0.05, 0.1) is 11.8 Å². The van der Waals surface area contributed by atoms with Crippen LogP contribution in [0.3, 0.4) is 0 Å². The Hall–Kier alpha value is -1.74. The summed E-state index contributed by atoms with van der Waals surface area (Å²) in [7, 11) is 0. The van der Waals surface area contributed by atoms with Gasteiger partial charge >= 0.3 is 0 Å². The first-order valence-corrected chi connectivity index (χ1v) is 9.93. The number of thioether (sulfide) groups is 1. The molecule has 0 spiro atoms. The van der Waals surface area contributed by atoms with Crippen LogP contribution in [0.15, 0.2) is 30.3 Å². The van der Waals surface area contributed by atoms with Gasteiger partial charge in [-0.05, 0) is 69.4 Å². The maximum absolute atomic E-state index is 12.3. The fraction of sp³-hybridized carbons (Fsp3) is 0.409. The molecule has 1 N–H and O–H groups in total. The van der Waals surface area contributed by atoms with Crippen LogP contribution in [0.2, 0.25) is 0 Å². The van der Waals surface area contributed by atoms with Crippen LogP contribution in [0, 0.1) is 34.6 Å². The molecule has 2 aromatic carbocycles. The highest BCUT2D eigenvalue weighted by Crippen LogP contribution is 2.22. The Kier molecular flexibility index (Phi) is 6.71. The zero-order valence-corrected chi connectivity index (χ0v) is 17.0. The second kappa shape index (κ2) is 8.57. The third-order valence-corrected chi connectivity index (χ3v) is 5.51. The lowest BCUT2D eigenvalue weighted by Crippen LogP contribution is -2.28. The van der Waals surface area contributed by atoms with E-state index < -0.39 is 0 Å². The van der Waals surface area contributed by atoms with Crippen LogP contribution < -0.4 is 5.32 Å². The highest BCUT2D eigenvalue weighted by molar-refractivity contribution is 7.99. The largest absolute Gasteiger partial charge is 0.349 e. The molecule has 0 aromatic heterocycles. The Morgan fingerprint density at radius 2 is 1.52 bits per heavy atom. The average Bonchev–Trinajstić information content (AvgIpc) is 2.49. The van der Waals surface area contributed by atoms with E-state index in [-0.39, 0.29) is 11.9 Å². The molecule has 3 heteroatoms. The van der Waals surface area contributed by atoms with Gasteiger partial charge in [0.25, 0.3) is 0 Å². The van der Waals surface area contributed by atoms with Crippen LogP contribution in [-0.4, -0.2) is 11.7 Å². The number of benzene rings is 2. The Morgan fingerprint density at radius 3 is 2.16 bits per heavy atom. The van der Waals surface area contributed by atoms with Crippen molar-refractivity contribution in [2.45, 2.75) is 53.3 Å². The lowest BCUT2D eigenvalue weighted by atomic mass is 9.96. The van der Waals surface area contributed by atoms with Crippen LogP contribution in [-0.2, 0) is 10.5 Å². The summed E-state index contributed by atoms with van der Waals surface area (Å²) in [5.41, 5.74) is 8.84. The Bertz CT molecular complexity index is 747. The van der Waals surface area contributed by atoms with E-state index in [1.807, 2.05) is 0 Å². The number of carbonyl (C=O) groups excluding carboxylic acids is 1. The zero-order valence-electron chi connectivity index (χ0n) is 16.2. The number of hydrogen-bond donors (Lipinski definition) is 1. The molecule has 2 nitrogen and oxygen atoms in total. The molecule has 0 saturated heterocycles. The summed E-state index contributed by atoms with van der Waals surface area (Å²) in [4.78, 5) is 12.3. The van der Waals surface area contributed by atoms with E-state index in [1.54, 1.807) is 11.8 Å². The normalized spacial score (nSPS) is 12.1. The summed E-state index contributed by atoms with van der Waals surface area (Å²) in [6, 6.07) is 11.0. The van der Waals surface area contributed by atoms with Crippen molar-refractivity contribution < 1.29 is 4.79 Å². The molecule has 0 radical (unpaired) electrons. The molecule has 0 aliphatic heterocycles. The molecule has 25 heavy (non-hydrogen) atoms. The topological polar surface area (TPSA) is 29.1 Å². The van der Waals surface area contributed by atoms with Crippen LogP contribution in [0.5, 0.6) is 0 Å². The molecule has 2 aromatic rings. The predicted molar refractivity (Wildman–Crippen MR) is 109 cm³/mol. The van der Waals surface area contributed by atoms with Crippen molar-refractivity contribution in [3.63, 3.8) is 0 Å². The molecular weight excluding hydrogens is 326 g/mol. The van der Waals surface area contributed by atoms with E-state index in [2.05, 4.69) is 77.2 Å². The van der Waals surface area contributed by atoms with Gasteiger partial charge in [0, 0.05) is 5.75 Å². The number of nitrogens with one attached hydrogen (secondary N) is 1. The molecule has 0 aliphatic carbocycles. The second-order valence-corrected chi connectivity index (χ2v) is 8.06. The quantitative estimate of drug-likeness (QED) is 0.758. The molecule has 134 valence electrons. The van der Waals surface area contributed by atoms with Crippen LogP contribution in [0.25, 0.3) is 0 Å². The second-order valence-electron chi connectivity index (χ2n) is 7.07. The van der Waals surface area contributed by atoms with E-state index in [0.717, 1.165) is 5.75 Å². The average molecular weight is 356 g/mol. The third-order valence-electron chi connectivity index (χ3n) is 4.51. The molecule has 1 atom stereocenters. The molecular formula is C22H29NOS. The molecule has 0 aliphatic rings. The van der Waals surface area contributed by atoms with Crippen LogP contribution in [0.1, 0.15) is 51.9 Å². The van der Waals surface area contributed by atoms with Crippen LogP contribution in [0.4, 0.5) is 0 Å². The number of rotatable bonds is 6. The first-order chi connectivity index (χ1) is 11.8. The van der Waals surface area contributed by atoms with E-state index in [9.17, 15) is 4.79 Å². The fourth-order valence-corrected chi connectivity index (χ4v) is 4.00. The van der Waals surface area contributed by atoms with Gasteiger partial charge < -0.3 is 5.32 Å².